The highest BCUT2D eigenvalue weighted by Crippen LogP contribution is 2.58. The molecule has 0 radical (unpaired) electrons. The fraction of sp³-hybridized carbons (Fsp3) is 0.0847. The standard InChI is InChI=1S/C59H43N/c1-4-12-40(13-5-1)42-26-31-51(32-27-42)60(58-35-28-48(41-14-6-2-7-15-41)38-55(58)45-16-8-3-9-17-45)52-33-34-54-53-18-10-11-19-56(53)59(57(54)39-52,49-29-24-43-20-22-46(43)36-49)50-30-25-44-21-23-47(44)37-50/h1-19,24-39H,20-23H2/i20D2,21D2,22D2,23D2. The van der Waals surface area contributed by atoms with Crippen LogP contribution in [-0.2, 0) is 30.9 Å². The summed E-state index contributed by atoms with van der Waals surface area (Å²) in [6.45, 7) is 0. The summed E-state index contributed by atoms with van der Waals surface area (Å²) in [5.41, 5.74) is 14.3. The van der Waals surface area contributed by atoms with Crippen molar-refractivity contribution >= 4 is 17.1 Å². The highest BCUT2D eigenvalue weighted by Gasteiger charge is 2.47. The van der Waals surface area contributed by atoms with Crippen LogP contribution in [0, 0.1) is 0 Å². The lowest BCUT2D eigenvalue weighted by Gasteiger charge is -2.37. The van der Waals surface area contributed by atoms with Crippen LogP contribution in [0.25, 0.3) is 44.5 Å². The van der Waals surface area contributed by atoms with Crippen LogP contribution < -0.4 is 4.90 Å². The summed E-state index contributed by atoms with van der Waals surface area (Å²) in [4.78, 5) is 2.29. The Morgan fingerprint density at radius 3 is 1.48 bits per heavy atom. The first-order chi connectivity index (χ1) is 32.7. The average Bonchev–Trinajstić information content (AvgIpc) is 3.67. The zero-order chi connectivity index (χ0) is 46.8. The van der Waals surface area contributed by atoms with Crippen molar-refractivity contribution in [3.8, 4) is 44.5 Å². The number of anilines is 3. The molecule has 0 bridgehead atoms. The summed E-state index contributed by atoms with van der Waals surface area (Å²) < 4.78 is 70.5. The van der Waals surface area contributed by atoms with Gasteiger partial charge in [0.2, 0.25) is 0 Å². The number of rotatable bonds is 8. The molecule has 0 unspecified atom stereocenters. The molecule has 12 rings (SSSR count). The molecule has 60 heavy (non-hydrogen) atoms. The molecular weight excluding hydrogens is 723 g/mol. The SMILES string of the molecule is [2H]C1([2H])c2ccc(C3(c4ccc5c(c4)C([2H])([2H])C5([2H])[2H])c4ccccc4-c4ccc(N(c5ccc(-c6ccccc6)cc5)c5ccc(-c6ccccc6)cc5-c5ccccc5)cc43)cc2C1([2H])[2H]. The first-order valence-corrected chi connectivity index (χ1v) is 20.5. The van der Waals surface area contributed by atoms with E-state index in [1.165, 1.54) is 0 Å². The molecule has 284 valence electrons. The van der Waals surface area contributed by atoms with Crippen molar-refractivity contribution in [2.75, 3.05) is 4.90 Å². The van der Waals surface area contributed by atoms with Crippen molar-refractivity contribution in [1.82, 2.24) is 0 Å². The van der Waals surface area contributed by atoms with E-state index in [1.54, 1.807) is 24.3 Å². The van der Waals surface area contributed by atoms with Gasteiger partial charge in [0.1, 0.15) is 0 Å². The molecule has 9 aromatic carbocycles. The van der Waals surface area contributed by atoms with Crippen LogP contribution in [0.3, 0.4) is 0 Å². The molecule has 0 saturated heterocycles. The van der Waals surface area contributed by atoms with Crippen LogP contribution >= 0.6 is 0 Å². The number of nitrogens with zero attached hydrogens (tertiary/aromatic N) is 1. The van der Waals surface area contributed by atoms with Gasteiger partial charge < -0.3 is 4.90 Å². The smallest absolute Gasteiger partial charge is 0.0714 e. The summed E-state index contributed by atoms with van der Waals surface area (Å²) in [5, 5.41) is 0. The van der Waals surface area contributed by atoms with Gasteiger partial charge in [-0.1, -0.05) is 176 Å². The van der Waals surface area contributed by atoms with E-state index in [0.717, 1.165) is 72.7 Å². The van der Waals surface area contributed by atoms with Gasteiger partial charge in [-0.25, -0.2) is 0 Å². The molecule has 9 aromatic rings. The third-order valence-electron chi connectivity index (χ3n) is 12.5. The van der Waals surface area contributed by atoms with Crippen LogP contribution in [-0.4, -0.2) is 0 Å². The number of hydrogen-bond donors (Lipinski definition) is 0. The maximum absolute atomic E-state index is 8.95. The van der Waals surface area contributed by atoms with Crippen molar-refractivity contribution < 1.29 is 11.0 Å². The predicted molar refractivity (Wildman–Crippen MR) is 250 cm³/mol. The van der Waals surface area contributed by atoms with Crippen molar-refractivity contribution in [3.05, 3.63) is 257 Å². The van der Waals surface area contributed by atoms with Gasteiger partial charge in [-0.2, -0.15) is 0 Å². The lowest BCUT2D eigenvalue weighted by Crippen LogP contribution is -2.30. The predicted octanol–water partition coefficient (Wildman–Crippen LogP) is 14.7. The Kier molecular flexibility index (Phi) is 6.39. The minimum atomic E-state index is -2.25. The van der Waals surface area contributed by atoms with Gasteiger partial charge in [-0.15, -0.1) is 0 Å². The van der Waals surface area contributed by atoms with Crippen molar-refractivity contribution in [2.45, 2.75) is 30.9 Å². The van der Waals surface area contributed by atoms with E-state index < -0.39 is 30.9 Å². The Morgan fingerprint density at radius 1 is 0.333 bits per heavy atom. The molecule has 3 aliphatic carbocycles. The lowest BCUT2D eigenvalue weighted by atomic mass is 9.65. The van der Waals surface area contributed by atoms with E-state index in [-0.39, 0.29) is 11.1 Å². The fourth-order valence-electron chi connectivity index (χ4n) is 9.57. The zero-order valence-corrected chi connectivity index (χ0v) is 32.7. The largest absolute Gasteiger partial charge is 0.310 e. The molecule has 1 nitrogen and oxygen atoms in total. The van der Waals surface area contributed by atoms with Crippen LogP contribution in [0.5, 0.6) is 0 Å². The van der Waals surface area contributed by atoms with E-state index >= 15 is 0 Å². The Labute approximate surface area is 364 Å². The Hall–Kier alpha value is -7.22. The molecule has 0 spiro atoms. The highest BCUT2D eigenvalue weighted by atomic mass is 15.1. The van der Waals surface area contributed by atoms with E-state index in [2.05, 4.69) is 126 Å². The second kappa shape index (κ2) is 14.0. The van der Waals surface area contributed by atoms with Crippen LogP contribution in [0.2, 0.25) is 0 Å². The summed E-state index contributed by atoms with van der Waals surface area (Å²) in [6.07, 6.45) is -8.85. The van der Waals surface area contributed by atoms with Gasteiger partial charge in [-0.05, 0) is 145 Å². The van der Waals surface area contributed by atoms with E-state index in [4.69, 9.17) is 11.0 Å². The number of benzene rings is 9. The minimum absolute atomic E-state index is 0.281. The zero-order valence-electron chi connectivity index (χ0n) is 40.7. The summed E-state index contributed by atoms with van der Waals surface area (Å²) >= 11 is 0. The van der Waals surface area contributed by atoms with E-state index in [0.29, 0.717) is 22.3 Å². The maximum atomic E-state index is 8.95. The number of aryl methyl sites for hydroxylation is 4. The quantitative estimate of drug-likeness (QED) is 0.149. The van der Waals surface area contributed by atoms with Crippen LogP contribution in [0.15, 0.2) is 212 Å². The second-order valence-electron chi connectivity index (χ2n) is 15.8. The van der Waals surface area contributed by atoms with Crippen molar-refractivity contribution in [3.63, 3.8) is 0 Å². The second-order valence-corrected chi connectivity index (χ2v) is 15.8. The lowest BCUT2D eigenvalue weighted by molar-refractivity contribution is 0.740. The number of fused-ring (bicyclic) bond motifs is 5. The summed E-state index contributed by atoms with van der Waals surface area (Å²) in [7, 11) is 0. The molecular formula is C59H43N. The van der Waals surface area contributed by atoms with Gasteiger partial charge in [0, 0.05) is 27.9 Å². The Morgan fingerprint density at radius 2 is 0.833 bits per heavy atom. The first-order valence-electron chi connectivity index (χ1n) is 24.5. The molecule has 0 N–H and O–H groups in total. The molecule has 0 heterocycles. The fourth-order valence-corrected chi connectivity index (χ4v) is 9.57. The van der Waals surface area contributed by atoms with Gasteiger partial charge in [0.15, 0.2) is 0 Å². The maximum Gasteiger partial charge on any atom is 0.0714 e. The molecule has 1 heteroatoms. The van der Waals surface area contributed by atoms with Crippen molar-refractivity contribution in [2.24, 2.45) is 0 Å². The van der Waals surface area contributed by atoms with Gasteiger partial charge >= 0.3 is 0 Å². The van der Waals surface area contributed by atoms with Crippen molar-refractivity contribution in [1.29, 1.82) is 0 Å². The summed E-state index contributed by atoms with van der Waals surface area (Å²) in [5.74, 6) is 0. The molecule has 0 atom stereocenters. The van der Waals surface area contributed by atoms with E-state index in [1.807, 2.05) is 66.7 Å². The molecule has 3 aliphatic rings. The molecule has 0 aromatic heterocycles. The summed E-state index contributed by atoms with van der Waals surface area (Å²) in [6, 6.07) is 71.7. The third kappa shape index (κ3) is 5.46. The molecule has 0 aliphatic heterocycles. The first kappa shape index (κ1) is 27.5. The highest BCUT2D eigenvalue weighted by molar-refractivity contribution is 5.94. The normalized spacial score (nSPS) is 19.2. The monoisotopic (exact) mass is 773 g/mol. The number of hydrogen-bond acceptors (Lipinski definition) is 1. The van der Waals surface area contributed by atoms with Gasteiger partial charge in [0.25, 0.3) is 0 Å². The third-order valence-corrected chi connectivity index (χ3v) is 12.5. The average molecular weight is 774 g/mol. The Balaban J connectivity index is 1.14. The Bertz CT molecular complexity index is 3380. The minimum Gasteiger partial charge on any atom is -0.310 e. The molecule has 0 fully saturated rings. The topological polar surface area (TPSA) is 3.24 Å². The van der Waals surface area contributed by atoms with Gasteiger partial charge in [-0.3, -0.25) is 0 Å². The molecule has 0 amide bonds. The molecule has 0 saturated carbocycles. The van der Waals surface area contributed by atoms with Gasteiger partial charge in [0.05, 0.1) is 11.1 Å². The van der Waals surface area contributed by atoms with E-state index in [9.17, 15) is 0 Å². The van der Waals surface area contributed by atoms with Crippen LogP contribution in [0.4, 0.5) is 17.1 Å². The van der Waals surface area contributed by atoms with Crippen LogP contribution in [0.1, 0.15) is 55.5 Å².